The van der Waals surface area contributed by atoms with Crippen LogP contribution in [-0.2, 0) is 0 Å². The van der Waals surface area contributed by atoms with Gasteiger partial charge in [-0.05, 0) is 12.1 Å². The molecule has 0 bridgehead atoms. The highest BCUT2D eigenvalue weighted by molar-refractivity contribution is 6.30. The fourth-order valence-electron chi connectivity index (χ4n) is 0.333. The van der Waals surface area contributed by atoms with Crippen molar-refractivity contribution in [1.29, 1.82) is 0 Å². The molecule has 0 saturated heterocycles. The maximum absolute atomic E-state index is 7.12. The summed E-state index contributed by atoms with van der Waals surface area (Å²) in [5.74, 6) is 0. The summed E-state index contributed by atoms with van der Waals surface area (Å²) >= 11 is 5.51. The first-order chi connectivity index (χ1) is 4.22. The van der Waals surface area contributed by atoms with E-state index in [-0.39, 0.29) is 12.1 Å². The Morgan fingerprint density at radius 3 is 3.00 bits per heavy atom. The van der Waals surface area contributed by atoms with Crippen molar-refractivity contribution >= 4 is 11.6 Å². The molecule has 0 radical (unpaired) electrons. The van der Waals surface area contributed by atoms with Crippen molar-refractivity contribution in [3.63, 3.8) is 0 Å². The highest BCUT2D eigenvalue weighted by Gasteiger charge is 1.74. The lowest BCUT2D eigenvalue weighted by molar-refractivity contribution is 1.71. The number of rotatable bonds is 0. The van der Waals surface area contributed by atoms with Gasteiger partial charge in [-0.1, -0.05) is 29.8 Å². The summed E-state index contributed by atoms with van der Waals surface area (Å²) < 4.78 is 14.2. The second-order valence-corrected chi connectivity index (χ2v) is 1.55. The first-order valence-corrected chi connectivity index (χ1v) is 2.31. The molecule has 0 aliphatic heterocycles. The van der Waals surface area contributed by atoms with E-state index in [4.69, 9.17) is 14.3 Å². The van der Waals surface area contributed by atoms with Crippen molar-refractivity contribution in [2.75, 3.05) is 0 Å². The molecule has 1 rings (SSSR count). The van der Waals surface area contributed by atoms with Crippen LogP contribution in [0, 0.1) is 0 Å². The SMILES string of the molecule is [2H]c1cccc(Cl)c1[2H]. The van der Waals surface area contributed by atoms with Crippen molar-refractivity contribution < 1.29 is 2.74 Å². The third kappa shape index (κ3) is 1.20. The molecule has 0 amide bonds. The van der Waals surface area contributed by atoms with Gasteiger partial charge in [0.05, 0.1) is 2.74 Å². The Hall–Kier alpha value is -0.490. The molecule has 36 valence electrons. The maximum Gasteiger partial charge on any atom is 0.0638 e. The first kappa shape index (κ1) is 2.73. The average Bonchev–Trinajstić information content (AvgIpc) is 1.83. The van der Waals surface area contributed by atoms with Crippen LogP contribution >= 0.6 is 11.6 Å². The molecule has 0 unspecified atom stereocenters. The lowest BCUT2D eigenvalue weighted by atomic mass is 10.4. The topological polar surface area (TPSA) is 0 Å². The van der Waals surface area contributed by atoms with Crippen LogP contribution in [0.5, 0.6) is 0 Å². The van der Waals surface area contributed by atoms with Gasteiger partial charge in [-0.15, -0.1) is 0 Å². The van der Waals surface area contributed by atoms with Gasteiger partial charge >= 0.3 is 0 Å². The Bertz CT molecular complexity index is 202. The van der Waals surface area contributed by atoms with Crippen molar-refractivity contribution in [2.24, 2.45) is 0 Å². The number of hydrogen-bond donors (Lipinski definition) is 0. The number of hydrogen-bond acceptors (Lipinski definition) is 0. The van der Waals surface area contributed by atoms with Crippen molar-refractivity contribution in [3.05, 3.63) is 35.3 Å². The van der Waals surface area contributed by atoms with Gasteiger partial charge in [0.1, 0.15) is 0 Å². The minimum atomic E-state index is 0.0965. The highest BCUT2D eigenvalue weighted by atomic mass is 35.5. The van der Waals surface area contributed by atoms with Gasteiger partial charge in [0.25, 0.3) is 0 Å². The summed E-state index contributed by atoms with van der Waals surface area (Å²) in [5.41, 5.74) is 0. The molecule has 1 aromatic carbocycles. The van der Waals surface area contributed by atoms with E-state index in [2.05, 4.69) is 0 Å². The zero-order valence-electron chi connectivity index (χ0n) is 5.61. The van der Waals surface area contributed by atoms with Crippen molar-refractivity contribution in [3.8, 4) is 0 Å². The van der Waals surface area contributed by atoms with Crippen LogP contribution in [0.4, 0.5) is 0 Å². The third-order valence-electron chi connectivity index (χ3n) is 0.614. The molecule has 0 N–H and O–H groups in total. The summed E-state index contributed by atoms with van der Waals surface area (Å²) in [6.07, 6.45) is 0. The predicted molar refractivity (Wildman–Crippen MR) is 31.5 cm³/mol. The molecule has 1 heteroatoms. The van der Waals surface area contributed by atoms with E-state index < -0.39 is 0 Å². The fourth-order valence-corrected chi connectivity index (χ4v) is 0.460. The quantitative estimate of drug-likeness (QED) is 0.486. The van der Waals surface area contributed by atoms with E-state index >= 15 is 0 Å². The Balaban J connectivity index is 3.25. The smallest absolute Gasteiger partial charge is 0.0638 e. The van der Waals surface area contributed by atoms with E-state index in [1.165, 1.54) is 6.07 Å². The van der Waals surface area contributed by atoms with Crippen LogP contribution in [-0.4, -0.2) is 0 Å². The predicted octanol–water partition coefficient (Wildman–Crippen LogP) is 2.34. The normalized spacial score (nSPS) is 12.7. The van der Waals surface area contributed by atoms with Gasteiger partial charge < -0.3 is 0 Å². The van der Waals surface area contributed by atoms with E-state index in [1.807, 2.05) is 0 Å². The van der Waals surface area contributed by atoms with Crippen molar-refractivity contribution in [1.82, 2.24) is 0 Å². The van der Waals surface area contributed by atoms with Gasteiger partial charge in [0.2, 0.25) is 0 Å². The maximum atomic E-state index is 7.12. The summed E-state index contributed by atoms with van der Waals surface area (Å²) in [7, 11) is 0. The van der Waals surface area contributed by atoms with E-state index in [1.54, 1.807) is 12.1 Å². The molecule has 0 aliphatic carbocycles. The zero-order valence-corrected chi connectivity index (χ0v) is 4.37. The molecule has 1 aromatic rings. The Labute approximate surface area is 50.5 Å². The molecule has 0 spiro atoms. The Morgan fingerprint density at radius 2 is 2.43 bits per heavy atom. The molecule has 0 saturated carbocycles. The summed E-state index contributed by atoms with van der Waals surface area (Å²) in [4.78, 5) is 0. The highest BCUT2D eigenvalue weighted by Crippen LogP contribution is 2.03. The molecule has 0 aromatic heterocycles. The van der Waals surface area contributed by atoms with Crippen molar-refractivity contribution in [2.45, 2.75) is 0 Å². The van der Waals surface area contributed by atoms with Gasteiger partial charge in [-0.25, -0.2) is 0 Å². The Kier molecular flexibility index (Phi) is 0.775. The molecule has 0 fully saturated rings. The average molecular weight is 115 g/mol. The van der Waals surface area contributed by atoms with Crippen LogP contribution in [0.3, 0.4) is 0 Å². The molecular formula is C6H5Cl. The van der Waals surface area contributed by atoms with Gasteiger partial charge in [-0.3, -0.25) is 0 Å². The minimum Gasteiger partial charge on any atom is -0.0843 e. The van der Waals surface area contributed by atoms with E-state index in [0.717, 1.165) is 0 Å². The monoisotopic (exact) mass is 114 g/mol. The van der Waals surface area contributed by atoms with Crippen LogP contribution < -0.4 is 0 Å². The fraction of sp³-hybridized carbons (Fsp3) is 0. The second kappa shape index (κ2) is 1.99. The number of halogens is 1. The van der Waals surface area contributed by atoms with Crippen LogP contribution in [0.15, 0.2) is 30.3 Å². The summed E-state index contributed by atoms with van der Waals surface area (Å²) in [6.45, 7) is 0. The zero-order chi connectivity index (χ0) is 6.85. The molecule has 0 atom stereocenters. The van der Waals surface area contributed by atoms with Crippen LogP contribution in [0.2, 0.25) is 5.02 Å². The molecule has 0 nitrogen and oxygen atoms in total. The van der Waals surface area contributed by atoms with Crippen LogP contribution in [0.25, 0.3) is 0 Å². The Morgan fingerprint density at radius 1 is 1.57 bits per heavy atom. The lowest BCUT2D eigenvalue weighted by Gasteiger charge is -1.80. The van der Waals surface area contributed by atoms with E-state index in [9.17, 15) is 0 Å². The summed E-state index contributed by atoms with van der Waals surface area (Å²) in [5, 5.41) is 0.336. The second-order valence-electron chi connectivity index (χ2n) is 1.14. The minimum absolute atomic E-state index is 0.0965. The standard InChI is InChI=1S/C6H5Cl/c7-6-4-2-1-3-5-6/h1-5H/i2D,4D. The van der Waals surface area contributed by atoms with Gasteiger partial charge in [0, 0.05) is 5.02 Å². The van der Waals surface area contributed by atoms with Crippen LogP contribution in [0.1, 0.15) is 2.74 Å². The van der Waals surface area contributed by atoms with Gasteiger partial charge in [-0.2, -0.15) is 0 Å². The number of benzene rings is 1. The van der Waals surface area contributed by atoms with E-state index in [0.29, 0.717) is 5.02 Å². The van der Waals surface area contributed by atoms with Gasteiger partial charge in [0.15, 0.2) is 0 Å². The molecule has 7 heavy (non-hydrogen) atoms. The largest absolute Gasteiger partial charge is 0.0843 e. The third-order valence-corrected chi connectivity index (χ3v) is 0.834. The lowest BCUT2D eigenvalue weighted by Crippen LogP contribution is -1.55. The molecule has 0 aliphatic rings. The first-order valence-electron chi connectivity index (χ1n) is 2.93. The summed E-state index contributed by atoms with van der Waals surface area (Å²) in [6, 6.07) is 5.06. The molecule has 0 heterocycles. The molecular weight excluding hydrogens is 108 g/mol.